The summed E-state index contributed by atoms with van der Waals surface area (Å²) in [5.41, 5.74) is 0.518. The summed E-state index contributed by atoms with van der Waals surface area (Å²) in [7, 11) is 0. The van der Waals surface area contributed by atoms with Gasteiger partial charge in [0.05, 0.1) is 23.4 Å². The second-order valence-corrected chi connectivity index (χ2v) is 8.40. The zero-order valence-corrected chi connectivity index (χ0v) is 17.0. The van der Waals surface area contributed by atoms with Gasteiger partial charge in [0.1, 0.15) is 6.04 Å². The summed E-state index contributed by atoms with van der Waals surface area (Å²) < 4.78 is 39.3. The number of piperazine rings is 1. The minimum atomic E-state index is -4.48. The number of carbonyl (C=O) groups excluding carboxylic acids is 3. The van der Waals surface area contributed by atoms with Crippen molar-refractivity contribution < 1.29 is 27.6 Å². The first-order valence-corrected chi connectivity index (χ1v) is 10.4. The molecule has 0 radical (unpaired) electrons. The largest absolute Gasteiger partial charge is 0.416 e. The van der Waals surface area contributed by atoms with Gasteiger partial charge in [0, 0.05) is 19.0 Å². The van der Waals surface area contributed by atoms with Crippen LogP contribution < -0.4 is 5.32 Å². The fourth-order valence-corrected chi connectivity index (χ4v) is 4.29. The van der Waals surface area contributed by atoms with Crippen LogP contribution in [0.5, 0.6) is 0 Å². The lowest BCUT2D eigenvalue weighted by Gasteiger charge is -2.39. The fourth-order valence-electron chi connectivity index (χ4n) is 4.29. The minimum Gasteiger partial charge on any atom is -0.338 e. The van der Waals surface area contributed by atoms with E-state index in [1.165, 1.54) is 23.1 Å². The molecule has 2 heterocycles. The zero-order chi connectivity index (χ0) is 22.6. The summed E-state index contributed by atoms with van der Waals surface area (Å²) in [6.45, 7) is 0.720. The lowest BCUT2D eigenvalue weighted by molar-refractivity contribution is -0.138. The van der Waals surface area contributed by atoms with Crippen LogP contribution in [0.3, 0.4) is 0 Å². The van der Waals surface area contributed by atoms with Gasteiger partial charge in [-0.25, -0.2) is 0 Å². The molecule has 2 aromatic carbocycles. The lowest BCUT2D eigenvalue weighted by atomic mass is 9.99. The van der Waals surface area contributed by atoms with Crippen LogP contribution in [0.15, 0.2) is 42.5 Å². The number of hydrogen-bond acceptors (Lipinski definition) is 3. The second-order valence-electron chi connectivity index (χ2n) is 8.40. The van der Waals surface area contributed by atoms with E-state index in [1.807, 2.05) is 0 Å². The quantitative estimate of drug-likeness (QED) is 0.774. The Bertz CT molecular complexity index is 1130. The fraction of sp³-hybridized carbons (Fsp3) is 0.348. The van der Waals surface area contributed by atoms with Gasteiger partial charge in [0.15, 0.2) is 0 Å². The van der Waals surface area contributed by atoms with Gasteiger partial charge in [0.25, 0.3) is 5.91 Å². The summed E-state index contributed by atoms with van der Waals surface area (Å²) in [5, 5.41) is 2.75. The summed E-state index contributed by atoms with van der Waals surface area (Å²) >= 11 is 0. The van der Waals surface area contributed by atoms with Gasteiger partial charge in [-0.1, -0.05) is 18.2 Å². The Hall–Kier alpha value is -3.36. The van der Waals surface area contributed by atoms with Crippen LogP contribution in [-0.2, 0) is 15.8 Å². The van der Waals surface area contributed by atoms with Crippen LogP contribution in [0.25, 0.3) is 11.1 Å². The van der Waals surface area contributed by atoms with E-state index in [0.29, 0.717) is 23.4 Å². The van der Waals surface area contributed by atoms with Crippen molar-refractivity contribution in [2.75, 3.05) is 25.0 Å². The average molecular weight is 443 g/mol. The van der Waals surface area contributed by atoms with Crippen molar-refractivity contribution >= 4 is 23.4 Å². The number of nitrogens with one attached hydrogen (secondary N) is 1. The Labute approximate surface area is 182 Å². The molecule has 2 aromatic rings. The number of hydrogen-bond donors (Lipinski definition) is 1. The van der Waals surface area contributed by atoms with E-state index in [9.17, 15) is 27.6 Å². The highest BCUT2D eigenvalue weighted by atomic mass is 19.4. The van der Waals surface area contributed by atoms with Crippen LogP contribution in [-0.4, -0.2) is 53.2 Å². The third-order valence-electron chi connectivity index (χ3n) is 6.21. The molecule has 1 saturated heterocycles. The number of anilines is 1. The molecule has 0 bridgehead atoms. The summed E-state index contributed by atoms with van der Waals surface area (Å²) in [6, 6.07) is 8.71. The Morgan fingerprint density at radius 1 is 1.00 bits per heavy atom. The minimum absolute atomic E-state index is 0.0262. The number of amides is 3. The van der Waals surface area contributed by atoms with Gasteiger partial charge in [0.2, 0.25) is 11.8 Å². The molecule has 9 heteroatoms. The van der Waals surface area contributed by atoms with Gasteiger partial charge in [-0.3, -0.25) is 14.4 Å². The predicted molar refractivity (Wildman–Crippen MR) is 110 cm³/mol. The molecular formula is C23H20F3N3O3. The Morgan fingerprint density at radius 3 is 2.47 bits per heavy atom. The van der Waals surface area contributed by atoms with E-state index < -0.39 is 17.8 Å². The maximum absolute atomic E-state index is 13.3. The Morgan fingerprint density at radius 2 is 1.75 bits per heavy atom. The second kappa shape index (κ2) is 7.36. The van der Waals surface area contributed by atoms with Gasteiger partial charge in [-0.05, 0) is 48.2 Å². The molecule has 1 aliphatic carbocycles. The zero-order valence-electron chi connectivity index (χ0n) is 17.0. The molecule has 3 aliphatic rings. The van der Waals surface area contributed by atoms with Crippen molar-refractivity contribution in [3.05, 3.63) is 53.6 Å². The topological polar surface area (TPSA) is 69.7 Å². The monoisotopic (exact) mass is 443 g/mol. The molecule has 32 heavy (non-hydrogen) atoms. The Balaban J connectivity index is 1.46. The maximum atomic E-state index is 13.3. The molecule has 3 amide bonds. The van der Waals surface area contributed by atoms with Gasteiger partial charge >= 0.3 is 6.18 Å². The van der Waals surface area contributed by atoms with Gasteiger partial charge in [-0.15, -0.1) is 0 Å². The third-order valence-corrected chi connectivity index (χ3v) is 6.21. The molecule has 1 saturated carbocycles. The summed E-state index contributed by atoms with van der Waals surface area (Å²) in [5.74, 6) is -0.704. The highest BCUT2D eigenvalue weighted by Crippen LogP contribution is 2.35. The number of halogens is 3. The molecule has 5 rings (SSSR count). The average Bonchev–Trinajstić information content (AvgIpc) is 3.63. The van der Waals surface area contributed by atoms with Gasteiger partial charge < -0.3 is 15.1 Å². The van der Waals surface area contributed by atoms with E-state index in [0.717, 1.165) is 25.0 Å². The maximum Gasteiger partial charge on any atom is 0.416 e. The summed E-state index contributed by atoms with van der Waals surface area (Å²) in [4.78, 5) is 41.7. The van der Waals surface area contributed by atoms with E-state index in [1.54, 1.807) is 17.0 Å². The molecule has 1 atom stereocenters. The van der Waals surface area contributed by atoms with E-state index >= 15 is 0 Å². The molecule has 2 aliphatic heterocycles. The molecule has 1 unspecified atom stereocenters. The highest BCUT2D eigenvalue weighted by molar-refractivity contribution is 6.10. The van der Waals surface area contributed by atoms with Crippen molar-refractivity contribution in [2.24, 2.45) is 5.92 Å². The van der Waals surface area contributed by atoms with Crippen molar-refractivity contribution in [3.63, 3.8) is 0 Å². The van der Waals surface area contributed by atoms with E-state index in [4.69, 9.17) is 0 Å². The van der Waals surface area contributed by atoms with Gasteiger partial charge in [-0.2, -0.15) is 13.2 Å². The number of nitrogens with zero attached hydrogens (tertiary/aromatic N) is 2. The van der Waals surface area contributed by atoms with Crippen molar-refractivity contribution in [1.82, 2.24) is 9.80 Å². The van der Waals surface area contributed by atoms with Crippen LogP contribution in [0.2, 0.25) is 0 Å². The van der Waals surface area contributed by atoms with Crippen LogP contribution in [0.4, 0.5) is 18.9 Å². The first kappa shape index (κ1) is 20.5. The SMILES string of the molecule is O=C1Nc2ccc(-c3cccc(C(F)(F)F)c3)cc2C(=O)N2CCN(C(=O)C3CC3)CC12. The Kier molecular flexibility index (Phi) is 4.72. The van der Waals surface area contributed by atoms with Crippen molar-refractivity contribution in [3.8, 4) is 11.1 Å². The molecule has 2 fully saturated rings. The van der Waals surface area contributed by atoms with Crippen LogP contribution in [0, 0.1) is 5.92 Å². The summed E-state index contributed by atoms with van der Waals surface area (Å²) in [6.07, 6.45) is -2.76. The highest BCUT2D eigenvalue weighted by Gasteiger charge is 2.43. The molecule has 166 valence electrons. The molecule has 0 spiro atoms. The number of benzene rings is 2. The van der Waals surface area contributed by atoms with Crippen molar-refractivity contribution in [1.29, 1.82) is 0 Å². The molecule has 6 nitrogen and oxygen atoms in total. The number of fused-ring (bicyclic) bond motifs is 2. The van der Waals surface area contributed by atoms with E-state index in [2.05, 4.69) is 5.32 Å². The van der Waals surface area contributed by atoms with E-state index in [-0.39, 0.29) is 42.3 Å². The normalized spacial score (nSPS) is 20.9. The number of rotatable bonds is 2. The third kappa shape index (κ3) is 3.61. The molecule has 1 N–H and O–H groups in total. The van der Waals surface area contributed by atoms with Crippen LogP contribution in [0.1, 0.15) is 28.8 Å². The standard InChI is InChI=1S/C23H20F3N3O3/c24-23(25,26)16-3-1-2-14(10-16)15-6-7-18-17(11-15)22(32)29-9-8-28(21(31)13-4-5-13)12-19(29)20(30)27-18/h1-3,6-7,10-11,13,19H,4-5,8-9,12H2,(H,27,30). The predicted octanol–water partition coefficient (Wildman–Crippen LogP) is 3.39. The smallest absolute Gasteiger partial charge is 0.338 e. The number of carbonyl (C=O) groups is 3. The lowest BCUT2D eigenvalue weighted by Crippen LogP contribution is -2.59. The molecular weight excluding hydrogens is 423 g/mol. The van der Waals surface area contributed by atoms with Crippen molar-refractivity contribution in [2.45, 2.75) is 25.1 Å². The first-order valence-electron chi connectivity index (χ1n) is 10.4. The first-order chi connectivity index (χ1) is 15.2. The number of alkyl halides is 3. The van der Waals surface area contributed by atoms with Crippen LogP contribution >= 0.6 is 0 Å². The molecule has 0 aromatic heterocycles.